The molecule has 0 aliphatic rings. The summed E-state index contributed by atoms with van der Waals surface area (Å²) in [4.78, 5) is 0. The predicted molar refractivity (Wildman–Crippen MR) is 127 cm³/mol. The van der Waals surface area contributed by atoms with Gasteiger partial charge in [-0.1, -0.05) is 6.55 Å². The Bertz CT molecular complexity index is 358. The monoisotopic (exact) mass is 456 g/mol. The van der Waals surface area contributed by atoms with Crippen LogP contribution < -0.4 is 0 Å². The Morgan fingerprint density at radius 3 is 1.28 bits per heavy atom. The summed E-state index contributed by atoms with van der Waals surface area (Å²) in [6, 6.07) is 0.799. The Morgan fingerprint density at radius 1 is 0.640 bits per heavy atom. The molecule has 0 unspecified atom stereocenters. The molecule has 0 atom stereocenters. The minimum Gasteiger partial charge on any atom is -0.418 e. The van der Waals surface area contributed by atoms with Crippen molar-refractivity contribution in [1.82, 2.24) is 0 Å². The zero-order chi connectivity index (χ0) is 20.2. The van der Waals surface area contributed by atoms with Crippen LogP contribution in [0.15, 0.2) is 0 Å². The van der Waals surface area contributed by atoms with Gasteiger partial charge >= 0.3 is 8.80 Å². The molecule has 0 saturated heterocycles. The fourth-order valence-electron chi connectivity index (χ4n) is 2.74. The fourth-order valence-corrected chi connectivity index (χ4v) is 23.4. The van der Waals surface area contributed by atoms with Crippen LogP contribution in [0.1, 0.15) is 0 Å². The molecule has 0 fully saturated rings. The van der Waals surface area contributed by atoms with Gasteiger partial charge in [0, 0.05) is 22.2 Å². The van der Waals surface area contributed by atoms with Crippen molar-refractivity contribution in [3.05, 3.63) is 0 Å². The van der Waals surface area contributed by atoms with Crippen LogP contribution in [0.5, 0.6) is 0 Å². The summed E-state index contributed by atoms with van der Waals surface area (Å²) in [7, 11) is -9.57. The zero-order valence-electron chi connectivity index (χ0n) is 19.0. The molecule has 152 valence electrons. The Balaban J connectivity index is 5.43. The van der Waals surface area contributed by atoms with E-state index < -0.39 is 42.1 Å². The van der Waals surface area contributed by atoms with Crippen molar-refractivity contribution in [2.45, 2.75) is 90.3 Å². The van der Waals surface area contributed by atoms with Crippen LogP contribution in [0.3, 0.4) is 0 Å². The van der Waals surface area contributed by atoms with Crippen molar-refractivity contribution in [2.24, 2.45) is 0 Å². The highest BCUT2D eigenvalue weighted by atomic mass is 28.5. The summed E-state index contributed by atoms with van der Waals surface area (Å²) < 4.78 is 26.5. The van der Waals surface area contributed by atoms with Gasteiger partial charge in [0.05, 0.1) is 0 Å². The Labute approximate surface area is 165 Å². The Hall–Kier alpha value is 1.14. The molecule has 0 saturated carbocycles. The summed E-state index contributed by atoms with van der Waals surface area (Å²) in [6.45, 7) is 27.9. The Morgan fingerprint density at radius 2 is 1.00 bits per heavy atom. The number of rotatable bonds is 12. The van der Waals surface area contributed by atoms with Gasteiger partial charge in [0.2, 0.25) is 0 Å². The second-order valence-electron chi connectivity index (χ2n) is 10.4. The van der Waals surface area contributed by atoms with Gasteiger partial charge in [-0.2, -0.15) is 0 Å². The first-order valence-electron chi connectivity index (χ1n) is 9.63. The molecule has 0 aromatic heterocycles. The average Bonchev–Trinajstić information content (AvgIpc) is 2.19. The normalized spacial score (nSPS) is 15.4. The lowest BCUT2D eigenvalue weighted by molar-refractivity contribution is 0.231. The molecule has 0 aliphatic carbocycles. The highest BCUT2D eigenvalue weighted by molar-refractivity contribution is 6.90. The highest BCUT2D eigenvalue weighted by Gasteiger charge is 2.50. The van der Waals surface area contributed by atoms with Gasteiger partial charge in [-0.3, -0.25) is 0 Å². The molecule has 0 spiro atoms. The molecule has 10 heteroatoms. The van der Waals surface area contributed by atoms with E-state index in [0.29, 0.717) is 0 Å². The second kappa shape index (κ2) is 9.56. The molecular weight excluding hydrogens is 413 g/mol. The van der Waals surface area contributed by atoms with E-state index in [0.717, 1.165) is 12.7 Å². The molecule has 4 nitrogen and oxygen atoms in total. The van der Waals surface area contributed by atoms with Crippen molar-refractivity contribution in [1.29, 1.82) is 0 Å². The van der Waals surface area contributed by atoms with Crippen molar-refractivity contribution in [3.63, 3.8) is 0 Å². The summed E-state index contributed by atoms with van der Waals surface area (Å²) in [5.74, 6) is 0. The van der Waals surface area contributed by atoms with Gasteiger partial charge in [0.25, 0.3) is 0 Å². The minimum atomic E-state index is -2.73. The topological polar surface area (TPSA) is 36.9 Å². The molecule has 0 radical (unpaired) electrons. The van der Waals surface area contributed by atoms with Crippen LogP contribution in [-0.4, -0.2) is 58.2 Å². The first-order chi connectivity index (χ1) is 10.9. The fraction of sp³-hybridized carbons (Fsp3) is 1.00. The lowest BCUT2D eigenvalue weighted by atomic mass is 10.9. The first kappa shape index (κ1) is 26.1. The van der Waals surface area contributed by atoms with E-state index >= 15 is 0 Å². The lowest BCUT2D eigenvalue weighted by Crippen LogP contribution is -2.61. The third-order valence-corrected chi connectivity index (χ3v) is 22.8. The molecule has 0 aromatic rings. The van der Waals surface area contributed by atoms with E-state index in [1.165, 1.54) is 5.67 Å². The highest BCUT2D eigenvalue weighted by Crippen LogP contribution is 2.29. The van der Waals surface area contributed by atoms with Crippen molar-refractivity contribution in [3.8, 4) is 0 Å². The molecule has 25 heavy (non-hydrogen) atoms. The summed E-state index contributed by atoms with van der Waals surface area (Å²) in [5, 5.41) is 0. The quantitative estimate of drug-likeness (QED) is 0.392. The predicted octanol–water partition coefficient (Wildman–Crippen LogP) is 4.88. The van der Waals surface area contributed by atoms with Gasteiger partial charge in [0.15, 0.2) is 33.3 Å². The van der Waals surface area contributed by atoms with Gasteiger partial charge in [-0.15, -0.1) is 0 Å². The largest absolute Gasteiger partial charge is 0.471 e. The maximum Gasteiger partial charge on any atom is 0.471 e. The third-order valence-electron chi connectivity index (χ3n) is 3.14. The smallest absolute Gasteiger partial charge is 0.418 e. The van der Waals surface area contributed by atoms with Crippen molar-refractivity contribution in [2.75, 3.05) is 6.61 Å². The number of hydrogen-bond acceptors (Lipinski definition) is 4. The summed E-state index contributed by atoms with van der Waals surface area (Å²) >= 11 is 0. The summed E-state index contributed by atoms with van der Waals surface area (Å²) in [6.07, 6.45) is 0. The van der Waals surface area contributed by atoms with E-state index in [1.54, 1.807) is 0 Å². The standard InChI is InChI=1S/C15H44O4Si6/c1-20-15-24(11,12)16-13-14-25(17-21(2,3)4,18-22(5,6)7)19-23(8,9)10/h13-15,20H2,1-12H3. The average molecular weight is 457 g/mol. The van der Waals surface area contributed by atoms with Crippen LogP contribution in [0.4, 0.5) is 0 Å². The molecule has 0 amide bonds. The van der Waals surface area contributed by atoms with Crippen molar-refractivity contribution >= 4 is 51.6 Å². The molecule has 0 heterocycles. The maximum absolute atomic E-state index is 6.70. The van der Waals surface area contributed by atoms with Crippen LogP contribution in [0, 0.1) is 0 Å². The Kier molecular flexibility index (Phi) is 10.0. The molecular formula is C15H44O4Si6. The molecule has 0 aliphatic heterocycles. The molecule has 0 rings (SSSR count). The van der Waals surface area contributed by atoms with E-state index in [2.05, 4.69) is 78.6 Å². The molecule has 0 bridgehead atoms. The van der Waals surface area contributed by atoms with Crippen molar-refractivity contribution < 1.29 is 16.8 Å². The second-order valence-corrected chi connectivity index (χ2v) is 34.2. The zero-order valence-corrected chi connectivity index (χ0v) is 25.4. The minimum absolute atomic E-state index is 0.0397. The van der Waals surface area contributed by atoms with E-state index in [9.17, 15) is 0 Å². The lowest BCUT2D eigenvalue weighted by Gasteiger charge is -2.43. The maximum atomic E-state index is 6.70. The third kappa shape index (κ3) is 13.9. The van der Waals surface area contributed by atoms with Crippen LogP contribution in [-0.2, 0) is 16.8 Å². The molecule has 0 N–H and O–H groups in total. The SMILES string of the molecule is C[SiH2]C[Si](C)(C)OCC[Si](O[Si](C)(C)C)(O[Si](C)(C)C)O[Si](C)(C)C. The van der Waals surface area contributed by atoms with Crippen LogP contribution in [0.2, 0.25) is 90.3 Å². The van der Waals surface area contributed by atoms with Crippen LogP contribution >= 0.6 is 0 Å². The van der Waals surface area contributed by atoms with E-state index in [4.69, 9.17) is 16.8 Å². The van der Waals surface area contributed by atoms with Gasteiger partial charge < -0.3 is 16.8 Å². The van der Waals surface area contributed by atoms with E-state index in [1.807, 2.05) is 0 Å². The summed E-state index contributed by atoms with van der Waals surface area (Å²) in [5.41, 5.74) is 1.33. The number of hydrogen-bond donors (Lipinski definition) is 0. The van der Waals surface area contributed by atoms with Crippen LogP contribution in [0.25, 0.3) is 0 Å². The van der Waals surface area contributed by atoms with Gasteiger partial charge in [-0.05, 0) is 77.7 Å². The van der Waals surface area contributed by atoms with Gasteiger partial charge in [-0.25, -0.2) is 0 Å². The first-order valence-corrected chi connectivity index (χ1v) is 27.3. The molecule has 0 aromatic carbocycles. The van der Waals surface area contributed by atoms with Gasteiger partial charge in [0.1, 0.15) is 0 Å². The van der Waals surface area contributed by atoms with E-state index in [-0.39, 0.29) is 9.52 Å².